The van der Waals surface area contributed by atoms with E-state index in [-0.39, 0.29) is 5.75 Å². The molecule has 0 bridgehead atoms. The van der Waals surface area contributed by atoms with Gasteiger partial charge in [0, 0.05) is 4.70 Å². The fourth-order valence-electron chi connectivity index (χ4n) is 1.13. The quantitative estimate of drug-likeness (QED) is 0.707. The molecule has 14 heavy (non-hydrogen) atoms. The summed E-state index contributed by atoms with van der Waals surface area (Å²) in [5.41, 5.74) is 0. The average molecular weight is 218 g/mol. The second-order valence-corrected chi connectivity index (χ2v) is 3.62. The van der Waals surface area contributed by atoms with Gasteiger partial charge in [0.15, 0.2) is 0 Å². The molecule has 0 aliphatic rings. The van der Waals surface area contributed by atoms with Crippen molar-refractivity contribution in [3.63, 3.8) is 0 Å². The van der Waals surface area contributed by atoms with Crippen molar-refractivity contribution in [3.05, 3.63) is 29.6 Å². The maximum absolute atomic E-state index is 11.8. The Hall–Kier alpha value is -1.23. The van der Waals surface area contributed by atoms with Crippen LogP contribution in [0.3, 0.4) is 0 Å². The molecule has 0 saturated heterocycles. The first-order valence-electron chi connectivity index (χ1n) is 3.78. The van der Waals surface area contributed by atoms with Gasteiger partial charge in [-0.1, -0.05) is 0 Å². The standard InChI is InChI=1S/C9H5F3OS/c10-9(11,12)13-7-2-1-6-3-4-14-8(6)5-7/h1-5H. The summed E-state index contributed by atoms with van der Waals surface area (Å²) in [7, 11) is 0. The Balaban J connectivity index is 2.35. The third-order valence-corrected chi connectivity index (χ3v) is 2.54. The van der Waals surface area contributed by atoms with E-state index in [1.54, 1.807) is 6.07 Å². The van der Waals surface area contributed by atoms with Gasteiger partial charge in [0.1, 0.15) is 5.75 Å². The lowest BCUT2D eigenvalue weighted by Crippen LogP contribution is -2.16. The van der Waals surface area contributed by atoms with Crippen molar-refractivity contribution in [2.75, 3.05) is 0 Å². The Morgan fingerprint density at radius 3 is 2.64 bits per heavy atom. The van der Waals surface area contributed by atoms with E-state index >= 15 is 0 Å². The monoisotopic (exact) mass is 218 g/mol. The van der Waals surface area contributed by atoms with Gasteiger partial charge in [-0.2, -0.15) is 0 Å². The molecule has 74 valence electrons. The molecule has 0 atom stereocenters. The average Bonchev–Trinajstić information content (AvgIpc) is 2.47. The smallest absolute Gasteiger partial charge is 0.406 e. The first-order valence-corrected chi connectivity index (χ1v) is 4.65. The zero-order chi connectivity index (χ0) is 10.2. The highest BCUT2D eigenvalue weighted by Crippen LogP contribution is 2.28. The molecule has 0 saturated carbocycles. The van der Waals surface area contributed by atoms with Crippen LogP contribution < -0.4 is 4.74 Å². The van der Waals surface area contributed by atoms with Crippen LogP contribution in [0.15, 0.2) is 29.6 Å². The van der Waals surface area contributed by atoms with Crippen LogP contribution in [-0.2, 0) is 0 Å². The Labute approximate surface area is 81.7 Å². The Morgan fingerprint density at radius 2 is 1.93 bits per heavy atom. The van der Waals surface area contributed by atoms with Crippen LogP contribution in [0.2, 0.25) is 0 Å². The van der Waals surface area contributed by atoms with Crippen molar-refractivity contribution in [1.82, 2.24) is 0 Å². The maximum atomic E-state index is 11.8. The fourth-order valence-corrected chi connectivity index (χ4v) is 1.95. The molecule has 0 aliphatic carbocycles. The topological polar surface area (TPSA) is 9.23 Å². The van der Waals surface area contributed by atoms with E-state index in [1.165, 1.54) is 23.5 Å². The number of halogens is 3. The summed E-state index contributed by atoms with van der Waals surface area (Å²) in [4.78, 5) is 0. The summed E-state index contributed by atoms with van der Waals surface area (Å²) in [5, 5.41) is 2.74. The maximum Gasteiger partial charge on any atom is 0.573 e. The molecule has 0 fully saturated rings. The number of fused-ring (bicyclic) bond motifs is 1. The minimum atomic E-state index is -4.62. The molecule has 0 radical (unpaired) electrons. The third kappa shape index (κ3) is 1.98. The molecule has 1 nitrogen and oxygen atoms in total. The van der Waals surface area contributed by atoms with Gasteiger partial charge < -0.3 is 4.74 Å². The zero-order valence-corrected chi connectivity index (χ0v) is 7.65. The highest BCUT2D eigenvalue weighted by Gasteiger charge is 2.31. The minimum absolute atomic E-state index is 0.174. The van der Waals surface area contributed by atoms with Crippen LogP contribution in [0.1, 0.15) is 0 Å². The summed E-state index contributed by atoms with van der Waals surface area (Å²) in [6, 6.07) is 6.14. The third-order valence-electron chi connectivity index (χ3n) is 1.66. The molecular formula is C9H5F3OS. The zero-order valence-electron chi connectivity index (χ0n) is 6.84. The molecule has 0 aliphatic heterocycles. The van der Waals surface area contributed by atoms with Crippen LogP contribution in [-0.4, -0.2) is 6.36 Å². The van der Waals surface area contributed by atoms with Gasteiger partial charge in [0.2, 0.25) is 0 Å². The fraction of sp³-hybridized carbons (Fsp3) is 0.111. The Bertz CT molecular complexity index is 446. The van der Waals surface area contributed by atoms with Crippen LogP contribution in [0.4, 0.5) is 13.2 Å². The number of hydrogen-bond acceptors (Lipinski definition) is 2. The van der Waals surface area contributed by atoms with Crippen molar-refractivity contribution < 1.29 is 17.9 Å². The summed E-state index contributed by atoms with van der Waals surface area (Å²) < 4.78 is 40.1. The number of thiophene rings is 1. The van der Waals surface area contributed by atoms with Gasteiger partial charge in [-0.05, 0) is 35.0 Å². The van der Waals surface area contributed by atoms with E-state index < -0.39 is 6.36 Å². The van der Waals surface area contributed by atoms with Crippen LogP contribution in [0, 0.1) is 0 Å². The first kappa shape index (κ1) is 9.33. The predicted octanol–water partition coefficient (Wildman–Crippen LogP) is 3.80. The largest absolute Gasteiger partial charge is 0.573 e. The highest BCUT2D eigenvalue weighted by atomic mass is 32.1. The molecule has 5 heteroatoms. The number of ether oxygens (including phenoxy) is 1. The lowest BCUT2D eigenvalue weighted by atomic mass is 10.2. The normalized spacial score (nSPS) is 11.9. The summed E-state index contributed by atoms with van der Waals surface area (Å²) in [5.74, 6) is -0.174. The molecule has 0 N–H and O–H groups in total. The summed E-state index contributed by atoms with van der Waals surface area (Å²) >= 11 is 1.38. The van der Waals surface area contributed by atoms with Gasteiger partial charge in [-0.25, -0.2) is 0 Å². The predicted molar refractivity (Wildman–Crippen MR) is 48.5 cm³/mol. The van der Waals surface area contributed by atoms with Crippen LogP contribution in [0.5, 0.6) is 5.75 Å². The van der Waals surface area contributed by atoms with E-state index in [0.29, 0.717) is 0 Å². The molecule has 2 aromatic rings. The van der Waals surface area contributed by atoms with Crippen LogP contribution >= 0.6 is 11.3 Å². The SMILES string of the molecule is FC(F)(F)Oc1ccc2ccsc2c1. The summed E-state index contributed by atoms with van der Waals surface area (Å²) in [6.45, 7) is 0. The molecular weight excluding hydrogens is 213 g/mol. The first-order chi connectivity index (χ1) is 6.54. The number of alkyl halides is 3. The molecule has 0 spiro atoms. The molecule has 2 rings (SSSR count). The molecule has 0 unspecified atom stereocenters. The number of benzene rings is 1. The van der Waals surface area contributed by atoms with Gasteiger partial charge in [-0.3, -0.25) is 0 Å². The van der Waals surface area contributed by atoms with E-state index in [0.717, 1.165) is 10.1 Å². The van der Waals surface area contributed by atoms with Crippen molar-refractivity contribution >= 4 is 21.4 Å². The number of rotatable bonds is 1. The molecule has 1 aromatic heterocycles. The van der Waals surface area contributed by atoms with Crippen molar-refractivity contribution in [2.24, 2.45) is 0 Å². The lowest BCUT2D eigenvalue weighted by Gasteiger charge is -2.08. The van der Waals surface area contributed by atoms with Gasteiger partial charge in [0.05, 0.1) is 0 Å². The second kappa shape index (κ2) is 3.16. The highest BCUT2D eigenvalue weighted by molar-refractivity contribution is 7.17. The summed E-state index contributed by atoms with van der Waals surface area (Å²) in [6.07, 6.45) is -4.62. The molecule has 1 heterocycles. The second-order valence-electron chi connectivity index (χ2n) is 2.67. The van der Waals surface area contributed by atoms with Gasteiger partial charge in [0.25, 0.3) is 0 Å². The van der Waals surface area contributed by atoms with Gasteiger partial charge >= 0.3 is 6.36 Å². The minimum Gasteiger partial charge on any atom is -0.406 e. The number of hydrogen-bond donors (Lipinski definition) is 0. The van der Waals surface area contributed by atoms with Crippen LogP contribution in [0.25, 0.3) is 10.1 Å². The molecule has 1 aromatic carbocycles. The van der Waals surface area contributed by atoms with Gasteiger partial charge in [-0.15, -0.1) is 24.5 Å². The van der Waals surface area contributed by atoms with Crippen molar-refractivity contribution in [2.45, 2.75) is 6.36 Å². The Kier molecular flexibility index (Phi) is 2.11. The van der Waals surface area contributed by atoms with Crippen molar-refractivity contribution in [3.8, 4) is 5.75 Å². The Morgan fingerprint density at radius 1 is 1.14 bits per heavy atom. The van der Waals surface area contributed by atoms with E-state index in [4.69, 9.17) is 0 Å². The van der Waals surface area contributed by atoms with E-state index in [1.807, 2.05) is 11.4 Å². The van der Waals surface area contributed by atoms with Crippen molar-refractivity contribution in [1.29, 1.82) is 0 Å². The van der Waals surface area contributed by atoms with E-state index in [2.05, 4.69) is 4.74 Å². The molecule has 0 amide bonds. The van der Waals surface area contributed by atoms with E-state index in [9.17, 15) is 13.2 Å². The lowest BCUT2D eigenvalue weighted by molar-refractivity contribution is -0.274.